The van der Waals surface area contributed by atoms with E-state index in [0.717, 1.165) is 17.1 Å². The highest BCUT2D eigenvalue weighted by atomic mass is 32.2. The Kier molecular flexibility index (Phi) is 6.45. The first kappa shape index (κ1) is 16.5. The molecular weight excluding hydrogens is 300 g/mol. The molecule has 0 bridgehead atoms. The Labute approximate surface area is 133 Å². The van der Waals surface area contributed by atoms with Crippen molar-refractivity contribution in [2.24, 2.45) is 0 Å². The molecule has 2 rings (SSSR count). The predicted molar refractivity (Wildman–Crippen MR) is 87.9 cm³/mol. The van der Waals surface area contributed by atoms with E-state index in [4.69, 9.17) is 9.47 Å². The van der Waals surface area contributed by atoms with Crippen LogP contribution in [0.1, 0.15) is 12.5 Å². The predicted octanol–water partition coefficient (Wildman–Crippen LogP) is 2.42. The van der Waals surface area contributed by atoms with Gasteiger partial charge in [0.05, 0.1) is 31.7 Å². The van der Waals surface area contributed by atoms with Crippen LogP contribution >= 0.6 is 0 Å². The van der Waals surface area contributed by atoms with Crippen molar-refractivity contribution in [3.63, 3.8) is 0 Å². The number of hydrogen-bond donors (Lipinski definition) is 0. The van der Waals surface area contributed by atoms with Crippen molar-refractivity contribution >= 4 is 10.8 Å². The highest BCUT2D eigenvalue weighted by Crippen LogP contribution is 2.17. The number of aromatic nitrogens is 2. The second-order valence-corrected chi connectivity index (χ2v) is 6.58. The van der Waals surface area contributed by atoms with Crippen molar-refractivity contribution in [3.8, 4) is 11.5 Å². The van der Waals surface area contributed by atoms with Crippen molar-refractivity contribution < 1.29 is 13.7 Å². The van der Waals surface area contributed by atoms with Gasteiger partial charge >= 0.3 is 0 Å². The molecule has 0 spiro atoms. The fourth-order valence-electron chi connectivity index (χ4n) is 1.94. The third-order valence-electron chi connectivity index (χ3n) is 3.02. The maximum atomic E-state index is 11.9. The summed E-state index contributed by atoms with van der Waals surface area (Å²) in [5.41, 5.74) is 1.12. The van der Waals surface area contributed by atoms with Gasteiger partial charge in [-0.05, 0) is 43.7 Å². The van der Waals surface area contributed by atoms with Crippen molar-refractivity contribution in [1.29, 1.82) is 0 Å². The molecule has 2 aromatic rings. The van der Waals surface area contributed by atoms with Crippen LogP contribution in [-0.4, -0.2) is 38.7 Å². The van der Waals surface area contributed by atoms with Crippen molar-refractivity contribution in [3.05, 3.63) is 42.2 Å². The summed E-state index contributed by atoms with van der Waals surface area (Å²) in [6.07, 6.45) is 3.76. The van der Waals surface area contributed by atoms with Gasteiger partial charge in [0.15, 0.2) is 0 Å². The van der Waals surface area contributed by atoms with Gasteiger partial charge in [0.1, 0.15) is 11.5 Å². The van der Waals surface area contributed by atoms with Crippen LogP contribution in [0.4, 0.5) is 0 Å². The minimum Gasteiger partial charge on any atom is -0.494 e. The zero-order valence-corrected chi connectivity index (χ0v) is 13.8. The number of rotatable bonds is 9. The van der Waals surface area contributed by atoms with Crippen LogP contribution in [0.15, 0.2) is 36.7 Å². The Morgan fingerprint density at radius 2 is 1.82 bits per heavy atom. The lowest BCUT2D eigenvalue weighted by Gasteiger charge is -2.08. The standard InChI is InChI=1S/C16H22N2O3S/c1-3-20-15-4-6-16(7-5-15)21-9-11-22(19)10-8-18-13-14(2)12-17-18/h4-7,12-13H,3,8-11H2,1-2H3. The second kappa shape index (κ2) is 8.58. The molecule has 6 heteroatoms. The second-order valence-electron chi connectivity index (χ2n) is 4.88. The van der Waals surface area contributed by atoms with Crippen LogP contribution in [-0.2, 0) is 17.3 Å². The Balaban J connectivity index is 1.66. The lowest BCUT2D eigenvalue weighted by Crippen LogP contribution is -2.15. The summed E-state index contributed by atoms with van der Waals surface area (Å²) in [4.78, 5) is 0. The normalized spacial score (nSPS) is 12.1. The molecule has 0 saturated carbocycles. The smallest absolute Gasteiger partial charge is 0.119 e. The number of benzene rings is 1. The van der Waals surface area contributed by atoms with E-state index in [1.165, 1.54) is 0 Å². The molecule has 5 nitrogen and oxygen atoms in total. The SMILES string of the molecule is CCOc1ccc(OCCS(=O)CCn2cc(C)cn2)cc1. The summed E-state index contributed by atoms with van der Waals surface area (Å²) in [5.74, 6) is 2.71. The molecule has 0 aliphatic rings. The molecule has 1 heterocycles. The highest BCUT2D eigenvalue weighted by Gasteiger charge is 2.03. The third kappa shape index (κ3) is 5.52. The Morgan fingerprint density at radius 1 is 1.14 bits per heavy atom. The molecule has 0 radical (unpaired) electrons. The molecule has 1 unspecified atom stereocenters. The minimum atomic E-state index is -0.903. The van der Waals surface area contributed by atoms with Gasteiger partial charge < -0.3 is 9.47 Å². The topological polar surface area (TPSA) is 53.4 Å². The summed E-state index contributed by atoms with van der Waals surface area (Å²) in [6.45, 7) is 5.70. The van der Waals surface area contributed by atoms with Gasteiger partial charge in [0.2, 0.25) is 0 Å². The summed E-state index contributed by atoms with van der Waals surface area (Å²) in [6, 6.07) is 7.46. The minimum absolute atomic E-state index is 0.443. The fraction of sp³-hybridized carbons (Fsp3) is 0.438. The van der Waals surface area contributed by atoms with Gasteiger partial charge in [-0.15, -0.1) is 0 Å². The molecule has 1 atom stereocenters. The van der Waals surface area contributed by atoms with Gasteiger partial charge in [-0.25, -0.2) is 0 Å². The monoisotopic (exact) mass is 322 g/mol. The molecule has 0 aliphatic heterocycles. The van der Waals surface area contributed by atoms with E-state index in [1.54, 1.807) is 6.20 Å². The maximum absolute atomic E-state index is 11.9. The molecule has 120 valence electrons. The van der Waals surface area contributed by atoms with Crippen molar-refractivity contribution in [2.45, 2.75) is 20.4 Å². The average Bonchev–Trinajstić information content (AvgIpc) is 2.93. The first-order chi connectivity index (χ1) is 10.7. The van der Waals surface area contributed by atoms with E-state index in [-0.39, 0.29) is 0 Å². The summed E-state index contributed by atoms with van der Waals surface area (Å²) < 4.78 is 24.7. The molecular formula is C16H22N2O3S. The van der Waals surface area contributed by atoms with Crippen LogP contribution in [0, 0.1) is 6.92 Å². The number of aryl methyl sites for hydroxylation is 2. The van der Waals surface area contributed by atoms with Gasteiger partial charge in [0.25, 0.3) is 0 Å². The number of nitrogens with zero attached hydrogens (tertiary/aromatic N) is 2. The molecule has 22 heavy (non-hydrogen) atoms. The highest BCUT2D eigenvalue weighted by molar-refractivity contribution is 7.84. The Hall–Kier alpha value is -1.82. The molecule has 0 N–H and O–H groups in total. The molecule has 0 amide bonds. The average molecular weight is 322 g/mol. The van der Waals surface area contributed by atoms with E-state index >= 15 is 0 Å². The Morgan fingerprint density at radius 3 is 2.41 bits per heavy atom. The number of hydrogen-bond acceptors (Lipinski definition) is 4. The lowest BCUT2D eigenvalue weighted by atomic mass is 10.3. The van der Waals surface area contributed by atoms with Crippen LogP contribution in [0.2, 0.25) is 0 Å². The molecule has 0 aliphatic carbocycles. The molecule has 0 saturated heterocycles. The van der Waals surface area contributed by atoms with Crippen LogP contribution < -0.4 is 9.47 Å². The van der Waals surface area contributed by atoms with Gasteiger partial charge in [-0.1, -0.05) is 0 Å². The van der Waals surface area contributed by atoms with Crippen LogP contribution in [0.5, 0.6) is 11.5 Å². The van der Waals surface area contributed by atoms with Crippen molar-refractivity contribution in [1.82, 2.24) is 9.78 Å². The molecule has 1 aromatic carbocycles. The first-order valence-corrected chi connectivity index (χ1v) is 8.86. The van der Waals surface area contributed by atoms with Crippen molar-refractivity contribution in [2.75, 3.05) is 24.7 Å². The summed E-state index contributed by atoms with van der Waals surface area (Å²) >= 11 is 0. The Bertz CT molecular complexity index is 596. The third-order valence-corrected chi connectivity index (χ3v) is 4.28. The maximum Gasteiger partial charge on any atom is 0.119 e. The van der Waals surface area contributed by atoms with E-state index in [0.29, 0.717) is 31.3 Å². The number of ether oxygens (including phenoxy) is 2. The fourth-order valence-corrected chi connectivity index (χ4v) is 2.80. The zero-order valence-electron chi connectivity index (χ0n) is 13.0. The van der Waals surface area contributed by atoms with E-state index in [2.05, 4.69) is 5.10 Å². The van der Waals surface area contributed by atoms with E-state index in [1.807, 2.05) is 49.0 Å². The van der Waals surface area contributed by atoms with E-state index < -0.39 is 10.8 Å². The summed E-state index contributed by atoms with van der Waals surface area (Å²) in [5, 5.41) is 4.18. The van der Waals surface area contributed by atoms with Gasteiger partial charge in [-0.2, -0.15) is 5.10 Å². The van der Waals surface area contributed by atoms with Crippen LogP contribution in [0.3, 0.4) is 0 Å². The quantitative estimate of drug-likeness (QED) is 0.711. The van der Waals surface area contributed by atoms with E-state index in [9.17, 15) is 4.21 Å². The largest absolute Gasteiger partial charge is 0.494 e. The van der Waals surface area contributed by atoms with Gasteiger partial charge in [-0.3, -0.25) is 8.89 Å². The molecule has 0 fully saturated rings. The lowest BCUT2D eigenvalue weighted by molar-refractivity contribution is 0.331. The van der Waals surface area contributed by atoms with Gasteiger partial charge in [0, 0.05) is 22.7 Å². The zero-order chi connectivity index (χ0) is 15.8. The van der Waals surface area contributed by atoms with Crippen LogP contribution in [0.25, 0.3) is 0 Å². The molecule has 1 aromatic heterocycles. The first-order valence-electron chi connectivity index (χ1n) is 7.37. The summed E-state index contributed by atoms with van der Waals surface area (Å²) in [7, 11) is -0.903.